The van der Waals surface area contributed by atoms with Crippen molar-refractivity contribution in [3.05, 3.63) is 77.9 Å². The number of fused-ring (bicyclic) bond motifs is 1. The van der Waals surface area contributed by atoms with Crippen LogP contribution in [-0.4, -0.2) is 0 Å². The summed E-state index contributed by atoms with van der Waals surface area (Å²) in [6.07, 6.45) is 0. The largest absolute Gasteiger partial charge is 0.106 e. The zero-order chi connectivity index (χ0) is 18.7. The maximum atomic E-state index is 2.81. The molecule has 0 amide bonds. The quantitative estimate of drug-likeness (QED) is 0.400. The summed E-state index contributed by atoms with van der Waals surface area (Å²) in [5, 5.41) is 3.90. The Kier molecular flexibility index (Phi) is 6.07. The first kappa shape index (κ1) is 19.7. The first-order valence-corrected chi connectivity index (χ1v) is 9.50. The third-order valence-electron chi connectivity index (χ3n) is 4.35. The summed E-state index contributed by atoms with van der Waals surface area (Å²) >= 11 is 0. The molecule has 0 heterocycles. The van der Waals surface area contributed by atoms with Crippen LogP contribution in [0.4, 0.5) is 0 Å². The Labute approximate surface area is 155 Å². The topological polar surface area (TPSA) is 0 Å². The molecule has 0 fully saturated rings. The van der Waals surface area contributed by atoms with E-state index in [1.54, 1.807) is 0 Å². The molecule has 0 spiro atoms. The summed E-state index contributed by atoms with van der Waals surface area (Å²) in [6, 6.07) is 23.6. The molecule has 0 N–H and O–H groups in total. The van der Waals surface area contributed by atoms with E-state index in [1.807, 2.05) is 0 Å². The van der Waals surface area contributed by atoms with Gasteiger partial charge in [-0.25, -0.2) is 0 Å². The van der Waals surface area contributed by atoms with E-state index in [4.69, 9.17) is 0 Å². The molecule has 0 aliphatic rings. The Morgan fingerprint density at radius 2 is 0.880 bits per heavy atom. The van der Waals surface area contributed by atoms with Crippen molar-refractivity contribution in [1.29, 1.82) is 0 Å². The molecule has 0 aromatic heterocycles. The smallest absolute Gasteiger partial charge is 0.0132 e. The minimum Gasteiger partial charge on any atom is -0.106 e. The molecule has 0 nitrogen and oxygen atoms in total. The van der Waals surface area contributed by atoms with Crippen LogP contribution in [0.25, 0.3) is 10.8 Å². The highest BCUT2D eigenvalue weighted by Gasteiger charge is 2.19. The molecule has 132 valence electrons. The summed E-state index contributed by atoms with van der Waals surface area (Å²) in [4.78, 5) is 0. The summed E-state index contributed by atoms with van der Waals surface area (Å²) in [7, 11) is 2.81. The number of benzene rings is 3. The molecule has 1 heteroatoms. The fourth-order valence-electron chi connectivity index (χ4n) is 2.65. The van der Waals surface area contributed by atoms with Crippen LogP contribution >= 0.6 is 9.24 Å². The lowest BCUT2D eigenvalue weighted by molar-refractivity contribution is 0.569. The second-order valence-corrected chi connectivity index (χ2v) is 9.36. The van der Waals surface area contributed by atoms with Gasteiger partial charge in [0.25, 0.3) is 0 Å². The van der Waals surface area contributed by atoms with Gasteiger partial charge in [0.05, 0.1) is 0 Å². The van der Waals surface area contributed by atoms with Crippen molar-refractivity contribution in [1.82, 2.24) is 0 Å². The average Bonchev–Trinajstić information content (AvgIpc) is 2.53. The molecular formula is C24H31P. The molecule has 1 unspecified atom stereocenters. The molecule has 1 atom stereocenters. The molecule has 0 bridgehead atoms. The summed E-state index contributed by atoms with van der Waals surface area (Å²) < 4.78 is 0. The third kappa shape index (κ3) is 5.68. The van der Waals surface area contributed by atoms with Crippen molar-refractivity contribution in [2.45, 2.75) is 52.4 Å². The number of rotatable bonds is 0. The van der Waals surface area contributed by atoms with Crippen molar-refractivity contribution in [2.24, 2.45) is 0 Å². The van der Waals surface area contributed by atoms with E-state index >= 15 is 0 Å². The predicted octanol–water partition coefficient (Wildman–Crippen LogP) is 6.62. The van der Waals surface area contributed by atoms with Crippen LogP contribution in [-0.2, 0) is 10.8 Å². The summed E-state index contributed by atoms with van der Waals surface area (Å²) in [6.45, 7) is 13.6. The van der Waals surface area contributed by atoms with Crippen LogP contribution in [0.5, 0.6) is 0 Å². The van der Waals surface area contributed by atoms with Gasteiger partial charge in [-0.15, -0.1) is 9.24 Å². The van der Waals surface area contributed by atoms with Gasteiger partial charge in [-0.05, 0) is 38.0 Å². The van der Waals surface area contributed by atoms with Crippen molar-refractivity contribution in [2.75, 3.05) is 0 Å². The zero-order valence-corrected chi connectivity index (χ0v) is 17.6. The van der Waals surface area contributed by atoms with Crippen molar-refractivity contribution < 1.29 is 0 Å². The second-order valence-electron chi connectivity index (χ2n) is 8.69. The molecule has 0 aliphatic carbocycles. The Morgan fingerprint density at radius 3 is 1.16 bits per heavy atom. The van der Waals surface area contributed by atoms with E-state index in [0.29, 0.717) is 0 Å². The highest BCUT2D eigenvalue weighted by atomic mass is 31.0. The Balaban J connectivity index is 0.000000194. The fourth-order valence-corrected chi connectivity index (χ4v) is 3.01. The van der Waals surface area contributed by atoms with Crippen LogP contribution in [0.15, 0.2) is 66.7 Å². The van der Waals surface area contributed by atoms with Crippen molar-refractivity contribution in [3.8, 4) is 0 Å². The van der Waals surface area contributed by atoms with Gasteiger partial charge >= 0.3 is 0 Å². The number of hydrogen-bond acceptors (Lipinski definition) is 0. The van der Waals surface area contributed by atoms with Crippen molar-refractivity contribution >= 4 is 25.3 Å². The zero-order valence-electron chi connectivity index (χ0n) is 16.4. The summed E-state index contributed by atoms with van der Waals surface area (Å²) in [5.74, 6) is 0. The Hall–Kier alpha value is -1.65. The highest BCUT2D eigenvalue weighted by molar-refractivity contribution is 7.27. The van der Waals surface area contributed by atoms with E-state index in [1.165, 1.54) is 27.2 Å². The molecule has 0 aliphatic heterocycles. The van der Waals surface area contributed by atoms with Gasteiger partial charge in [0.2, 0.25) is 0 Å². The maximum absolute atomic E-state index is 2.81. The van der Waals surface area contributed by atoms with Gasteiger partial charge in [-0.1, -0.05) is 108 Å². The van der Waals surface area contributed by atoms with Crippen LogP contribution in [0.1, 0.15) is 52.7 Å². The molecule has 25 heavy (non-hydrogen) atoms. The molecule has 3 aromatic carbocycles. The van der Waals surface area contributed by atoms with Crippen LogP contribution in [0.3, 0.4) is 0 Å². The number of hydrogen-bond donors (Lipinski definition) is 0. The van der Waals surface area contributed by atoms with Gasteiger partial charge in [0, 0.05) is 0 Å². The van der Waals surface area contributed by atoms with E-state index in [-0.39, 0.29) is 10.8 Å². The van der Waals surface area contributed by atoms with Gasteiger partial charge in [-0.2, -0.15) is 0 Å². The van der Waals surface area contributed by atoms with Crippen LogP contribution in [0, 0.1) is 0 Å². The fraction of sp³-hybridized carbons (Fsp3) is 0.333. The first-order valence-electron chi connectivity index (χ1n) is 8.93. The minimum atomic E-state index is 0.229. The molecule has 3 aromatic rings. The third-order valence-corrected chi connectivity index (χ3v) is 4.68. The van der Waals surface area contributed by atoms with Gasteiger partial charge in [-0.3, -0.25) is 0 Å². The standard InChI is InChI=1S/C14H23P.C10H8/c1-13(2,3)10-7-11(14(4,5)6)9-12(15)8-10;1-2-6-10-8-4-3-7-9(10)5-1/h7-9H,15H2,1-6H3;1-8H. The molecular weight excluding hydrogens is 319 g/mol. The van der Waals surface area contributed by atoms with Gasteiger partial charge < -0.3 is 0 Å². The minimum absolute atomic E-state index is 0.229. The van der Waals surface area contributed by atoms with Crippen LogP contribution in [0.2, 0.25) is 0 Å². The molecule has 0 radical (unpaired) electrons. The van der Waals surface area contributed by atoms with E-state index in [0.717, 1.165) is 0 Å². The SMILES string of the molecule is CC(C)(C)c1cc(P)cc(C(C)(C)C)c1.c1ccc2ccccc2c1. The average molecular weight is 350 g/mol. The van der Waals surface area contributed by atoms with Gasteiger partial charge in [0.1, 0.15) is 0 Å². The van der Waals surface area contributed by atoms with Gasteiger partial charge in [0.15, 0.2) is 0 Å². The van der Waals surface area contributed by atoms with E-state index in [2.05, 4.69) is 118 Å². The highest BCUT2D eigenvalue weighted by Crippen LogP contribution is 2.28. The monoisotopic (exact) mass is 350 g/mol. The Morgan fingerprint density at radius 1 is 0.560 bits per heavy atom. The lowest BCUT2D eigenvalue weighted by Gasteiger charge is -2.25. The second kappa shape index (κ2) is 7.71. The molecule has 0 saturated heterocycles. The van der Waals surface area contributed by atoms with E-state index < -0.39 is 0 Å². The van der Waals surface area contributed by atoms with Crippen LogP contribution < -0.4 is 5.30 Å². The van der Waals surface area contributed by atoms with Crippen molar-refractivity contribution in [3.63, 3.8) is 0 Å². The normalized spacial score (nSPS) is 11.8. The van der Waals surface area contributed by atoms with E-state index in [9.17, 15) is 0 Å². The lowest BCUT2D eigenvalue weighted by atomic mass is 9.81. The Bertz CT molecular complexity index is 735. The lowest BCUT2D eigenvalue weighted by Crippen LogP contribution is -2.18. The predicted molar refractivity (Wildman–Crippen MR) is 117 cm³/mol. The molecule has 0 saturated carbocycles. The summed E-state index contributed by atoms with van der Waals surface area (Å²) in [5.41, 5.74) is 3.29. The molecule has 3 rings (SSSR count). The first-order chi connectivity index (χ1) is 11.6. The maximum Gasteiger partial charge on any atom is -0.0132 e.